The first-order valence-corrected chi connectivity index (χ1v) is 11.8. The van der Waals surface area contributed by atoms with Crippen LogP contribution in [0.3, 0.4) is 0 Å². The number of hydrogen-bond donors (Lipinski definition) is 3. The summed E-state index contributed by atoms with van der Waals surface area (Å²) in [5.74, 6) is 1.97. The Balaban J connectivity index is 1.54. The number of furan rings is 1. The highest BCUT2D eigenvalue weighted by Gasteiger charge is 2.23. The third-order valence-corrected chi connectivity index (χ3v) is 6.02. The van der Waals surface area contributed by atoms with Gasteiger partial charge in [-0.2, -0.15) is 0 Å². The summed E-state index contributed by atoms with van der Waals surface area (Å²) in [6.45, 7) is 6.01. The van der Waals surface area contributed by atoms with Gasteiger partial charge in [-0.3, -0.25) is 4.79 Å². The summed E-state index contributed by atoms with van der Waals surface area (Å²) in [5, 5.41) is 10.6. The van der Waals surface area contributed by atoms with Gasteiger partial charge >= 0.3 is 0 Å². The lowest BCUT2D eigenvalue weighted by Crippen LogP contribution is -2.35. The number of nitrogens with one attached hydrogen (secondary N) is 3. The average Bonchev–Trinajstić information content (AvgIpc) is 3.52. The van der Waals surface area contributed by atoms with Crippen LogP contribution in [0.25, 0.3) is 33.6 Å². The van der Waals surface area contributed by atoms with Crippen LogP contribution in [0.15, 0.2) is 65.3 Å². The molecule has 1 unspecified atom stereocenters. The Labute approximate surface area is 199 Å². The van der Waals surface area contributed by atoms with E-state index in [4.69, 9.17) is 4.42 Å². The second-order valence-corrected chi connectivity index (χ2v) is 9.06. The molecule has 34 heavy (non-hydrogen) atoms. The summed E-state index contributed by atoms with van der Waals surface area (Å²) in [7, 11) is 0. The minimum absolute atomic E-state index is 0.00936. The largest absolute Gasteiger partial charge is 0.437 e. The SMILES string of the molecule is CC(C)CNc1ncnc2oc(-c3ccc(NC(=O)C4CCCN4)cc3)c(-c3ccccc3)c12. The lowest BCUT2D eigenvalue weighted by atomic mass is 9.99. The van der Waals surface area contributed by atoms with Crippen molar-refractivity contribution in [3.05, 3.63) is 60.9 Å². The van der Waals surface area contributed by atoms with Gasteiger partial charge in [0, 0.05) is 23.4 Å². The number of carbonyl (C=O) groups excluding carboxylic acids is 1. The lowest BCUT2D eigenvalue weighted by Gasteiger charge is -2.12. The number of amides is 1. The molecule has 7 nitrogen and oxygen atoms in total. The highest BCUT2D eigenvalue weighted by atomic mass is 16.3. The Morgan fingerprint density at radius 1 is 1.09 bits per heavy atom. The van der Waals surface area contributed by atoms with Crippen molar-refractivity contribution in [2.75, 3.05) is 23.7 Å². The van der Waals surface area contributed by atoms with Crippen molar-refractivity contribution in [1.29, 1.82) is 0 Å². The Bertz CT molecular complexity index is 1280. The molecule has 2 aromatic heterocycles. The minimum Gasteiger partial charge on any atom is -0.437 e. The predicted octanol–water partition coefficient (Wildman–Crippen LogP) is 5.32. The molecule has 0 saturated carbocycles. The van der Waals surface area contributed by atoms with Gasteiger partial charge in [0.2, 0.25) is 11.6 Å². The molecule has 0 radical (unpaired) electrons. The molecule has 1 aliphatic heterocycles. The van der Waals surface area contributed by atoms with Crippen LogP contribution in [0.1, 0.15) is 26.7 Å². The number of rotatable bonds is 7. The number of nitrogens with zero attached hydrogens (tertiary/aromatic N) is 2. The highest BCUT2D eigenvalue weighted by molar-refractivity contribution is 6.06. The second kappa shape index (κ2) is 9.65. The van der Waals surface area contributed by atoms with Crippen molar-refractivity contribution in [3.8, 4) is 22.5 Å². The second-order valence-electron chi connectivity index (χ2n) is 9.06. The minimum atomic E-state index is -0.116. The maximum absolute atomic E-state index is 12.5. The van der Waals surface area contributed by atoms with E-state index in [0.29, 0.717) is 11.6 Å². The van der Waals surface area contributed by atoms with Crippen molar-refractivity contribution >= 4 is 28.5 Å². The van der Waals surface area contributed by atoms with Crippen molar-refractivity contribution in [1.82, 2.24) is 15.3 Å². The van der Waals surface area contributed by atoms with E-state index >= 15 is 0 Å². The van der Waals surface area contributed by atoms with Crippen molar-refractivity contribution in [2.45, 2.75) is 32.7 Å². The summed E-state index contributed by atoms with van der Waals surface area (Å²) in [5.41, 5.74) is 4.19. The number of benzene rings is 2. The molecule has 1 amide bonds. The first-order chi connectivity index (χ1) is 16.6. The van der Waals surface area contributed by atoms with Gasteiger partial charge < -0.3 is 20.4 Å². The van der Waals surface area contributed by atoms with Gasteiger partial charge in [0.1, 0.15) is 17.9 Å². The quantitative estimate of drug-likeness (QED) is 0.350. The first-order valence-electron chi connectivity index (χ1n) is 11.8. The highest BCUT2D eigenvalue weighted by Crippen LogP contribution is 2.42. The molecule has 1 fully saturated rings. The Kier molecular flexibility index (Phi) is 6.27. The van der Waals surface area contributed by atoms with Crippen molar-refractivity contribution in [2.24, 2.45) is 5.92 Å². The Morgan fingerprint density at radius 2 is 1.88 bits per heavy atom. The van der Waals surface area contributed by atoms with Gasteiger partial charge in [-0.15, -0.1) is 0 Å². The number of carbonyl (C=O) groups is 1. The first kappa shape index (κ1) is 22.1. The normalized spacial score (nSPS) is 15.7. The van der Waals surface area contributed by atoms with E-state index in [0.717, 1.165) is 65.3 Å². The zero-order valence-electron chi connectivity index (χ0n) is 19.5. The van der Waals surface area contributed by atoms with Crippen LogP contribution in [0.4, 0.5) is 11.5 Å². The monoisotopic (exact) mass is 455 g/mol. The fraction of sp³-hybridized carbons (Fsp3) is 0.296. The maximum Gasteiger partial charge on any atom is 0.241 e. The summed E-state index contributed by atoms with van der Waals surface area (Å²) in [6.07, 6.45) is 3.43. The standard InChI is InChI=1S/C27H29N5O2/c1-17(2)15-29-25-23-22(18-7-4-3-5-8-18)24(34-27(23)31-16-30-25)19-10-12-20(13-11-19)32-26(33)21-9-6-14-28-21/h3-5,7-8,10-13,16-17,21,28H,6,9,14-15H2,1-2H3,(H,32,33)(H,29,30,31). The van der Waals surface area contributed by atoms with Crippen LogP contribution < -0.4 is 16.0 Å². The Hall–Kier alpha value is -3.71. The smallest absolute Gasteiger partial charge is 0.241 e. The molecule has 5 rings (SSSR count). The van der Waals surface area contributed by atoms with Crippen LogP contribution in [-0.2, 0) is 4.79 Å². The fourth-order valence-corrected chi connectivity index (χ4v) is 4.29. The van der Waals surface area contributed by atoms with Crippen molar-refractivity contribution in [3.63, 3.8) is 0 Å². The molecule has 1 aliphatic rings. The maximum atomic E-state index is 12.5. The molecule has 0 aliphatic carbocycles. The topological polar surface area (TPSA) is 92.1 Å². The molecule has 0 bridgehead atoms. The molecule has 3 heterocycles. The average molecular weight is 456 g/mol. The van der Waals surface area contributed by atoms with Gasteiger partial charge in [0.25, 0.3) is 0 Å². The molecule has 1 atom stereocenters. The lowest BCUT2D eigenvalue weighted by molar-refractivity contribution is -0.117. The summed E-state index contributed by atoms with van der Waals surface area (Å²) < 4.78 is 6.30. The molecule has 1 saturated heterocycles. The van der Waals surface area contributed by atoms with E-state index in [-0.39, 0.29) is 11.9 Å². The van der Waals surface area contributed by atoms with E-state index < -0.39 is 0 Å². The zero-order chi connectivity index (χ0) is 23.5. The number of anilines is 2. The molecule has 2 aromatic carbocycles. The summed E-state index contributed by atoms with van der Waals surface area (Å²) in [6, 6.07) is 17.8. The van der Waals surface area contributed by atoms with Gasteiger partial charge in [0.05, 0.1) is 11.4 Å². The number of fused-ring (bicyclic) bond motifs is 1. The van der Waals surface area contributed by atoms with E-state index in [2.05, 4.69) is 51.9 Å². The van der Waals surface area contributed by atoms with E-state index in [1.807, 2.05) is 42.5 Å². The van der Waals surface area contributed by atoms with E-state index in [1.54, 1.807) is 0 Å². The molecule has 7 heteroatoms. The van der Waals surface area contributed by atoms with Crippen LogP contribution in [-0.4, -0.2) is 35.0 Å². The van der Waals surface area contributed by atoms with Gasteiger partial charge in [-0.1, -0.05) is 44.2 Å². The molecule has 4 aromatic rings. The molecule has 174 valence electrons. The molecule has 0 spiro atoms. The van der Waals surface area contributed by atoms with Crippen LogP contribution in [0.2, 0.25) is 0 Å². The third-order valence-electron chi connectivity index (χ3n) is 6.02. The van der Waals surface area contributed by atoms with E-state index in [1.165, 1.54) is 6.33 Å². The van der Waals surface area contributed by atoms with Gasteiger partial charge in [0.15, 0.2) is 0 Å². The molecular weight excluding hydrogens is 426 g/mol. The van der Waals surface area contributed by atoms with Gasteiger partial charge in [-0.05, 0) is 55.1 Å². The third kappa shape index (κ3) is 4.52. The summed E-state index contributed by atoms with van der Waals surface area (Å²) >= 11 is 0. The molecular formula is C27H29N5O2. The van der Waals surface area contributed by atoms with E-state index in [9.17, 15) is 4.79 Å². The van der Waals surface area contributed by atoms with Crippen molar-refractivity contribution < 1.29 is 9.21 Å². The van der Waals surface area contributed by atoms with Crippen LogP contribution in [0.5, 0.6) is 0 Å². The Morgan fingerprint density at radius 3 is 2.59 bits per heavy atom. The molecule has 3 N–H and O–H groups in total. The van der Waals surface area contributed by atoms with Crippen LogP contribution in [0, 0.1) is 5.92 Å². The summed E-state index contributed by atoms with van der Waals surface area (Å²) in [4.78, 5) is 21.4. The zero-order valence-corrected chi connectivity index (χ0v) is 19.5. The predicted molar refractivity (Wildman–Crippen MR) is 136 cm³/mol. The number of hydrogen-bond acceptors (Lipinski definition) is 6. The fourth-order valence-electron chi connectivity index (χ4n) is 4.29. The number of aromatic nitrogens is 2. The van der Waals surface area contributed by atoms with Crippen LogP contribution >= 0.6 is 0 Å². The van der Waals surface area contributed by atoms with Gasteiger partial charge in [-0.25, -0.2) is 9.97 Å².